The van der Waals surface area contributed by atoms with Gasteiger partial charge in [-0.2, -0.15) is 4.31 Å². The summed E-state index contributed by atoms with van der Waals surface area (Å²) in [5.41, 5.74) is 0. The molecule has 1 aliphatic heterocycles. The summed E-state index contributed by atoms with van der Waals surface area (Å²) in [5, 5.41) is 12.7. The zero-order chi connectivity index (χ0) is 18.4. The average molecular weight is 391 g/mol. The standard InChI is InChI=1S/C16H23ClN2O5S/c1-24-11-14(20)10-18-16(21)12-6-8-19(9-7-12)25(22,23)15-4-2-13(17)3-5-15/h2-5,12,14,20H,6-11H2,1H3,(H,18,21). The molecule has 0 saturated carbocycles. The third-order valence-corrected chi connectivity index (χ3v) is 6.31. The molecule has 1 fully saturated rings. The van der Waals surface area contributed by atoms with E-state index in [0.717, 1.165) is 0 Å². The molecule has 1 atom stereocenters. The van der Waals surface area contributed by atoms with Crippen LogP contribution < -0.4 is 5.32 Å². The number of hydrogen-bond acceptors (Lipinski definition) is 5. The van der Waals surface area contributed by atoms with Crippen LogP contribution in [0.15, 0.2) is 29.2 Å². The SMILES string of the molecule is COCC(O)CNC(=O)C1CCN(S(=O)(=O)c2ccc(Cl)cc2)CC1. The number of benzene rings is 1. The fourth-order valence-corrected chi connectivity index (χ4v) is 4.32. The van der Waals surface area contributed by atoms with Crippen LogP contribution in [0.1, 0.15) is 12.8 Å². The van der Waals surface area contributed by atoms with Crippen molar-refractivity contribution in [2.45, 2.75) is 23.8 Å². The number of nitrogens with zero attached hydrogens (tertiary/aromatic N) is 1. The van der Waals surface area contributed by atoms with Gasteiger partial charge in [-0.1, -0.05) is 11.6 Å². The molecule has 0 aromatic heterocycles. The van der Waals surface area contributed by atoms with Gasteiger partial charge in [-0.15, -0.1) is 0 Å². The number of carbonyl (C=O) groups is 1. The highest BCUT2D eigenvalue weighted by molar-refractivity contribution is 7.89. The van der Waals surface area contributed by atoms with E-state index in [1.807, 2.05) is 0 Å². The van der Waals surface area contributed by atoms with Crippen LogP contribution in [0.4, 0.5) is 0 Å². The highest BCUT2D eigenvalue weighted by Crippen LogP contribution is 2.24. The Labute approximate surface area is 153 Å². The maximum Gasteiger partial charge on any atom is 0.243 e. The highest BCUT2D eigenvalue weighted by Gasteiger charge is 2.32. The normalized spacial score (nSPS) is 18.0. The average Bonchev–Trinajstić information content (AvgIpc) is 2.60. The van der Waals surface area contributed by atoms with Crippen LogP contribution in [0, 0.1) is 5.92 Å². The van der Waals surface area contributed by atoms with Crippen LogP contribution in [-0.2, 0) is 19.6 Å². The van der Waals surface area contributed by atoms with Gasteiger partial charge in [0.25, 0.3) is 0 Å². The summed E-state index contributed by atoms with van der Waals surface area (Å²) in [6.07, 6.45) is 0.136. The first-order valence-corrected chi connectivity index (χ1v) is 9.87. The molecule has 1 amide bonds. The molecule has 1 heterocycles. The van der Waals surface area contributed by atoms with Gasteiger partial charge < -0.3 is 15.2 Å². The van der Waals surface area contributed by atoms with Crippen molar-refractivity contribution in [3.05, 3.63) is 29.3 Å². The minimum Gasteiger partial charge on any atom is -0.389 e. The Bertz CT molecular complexity index is 672. The fraction of sp³-hybridized carbons (Fsp3) is 0.562. The number of amides is 1. The maximum absolute atomic E-state index is 12.6. The van der Waals surface area contributed by atoms with Gasteiger partial charge in [-0.05, 0) is 37.1 Å². The van der Waals surface area contributed by atoms with Gasteiger partial charge in [0.15, 0.2) is 0 Å². The van der Waals surface area contributed by atoms with E-state index in [-0.39, 0.29) is 43.0 Å². The van der Waals surface area contributed by atoms with Gasteiger partial charge in [0.1, 0.15) is 0 Å². The molecule has 1 aromatic rings. The Kier molecular flexibility index (Phi) is 7.21. The topological polar surface area (TPSA) is 95.9 Å². The van der Waals surface area contributed by atoms with Crippen molar-refractivity contribution in [1.29, 1.82) is 0 Å². The lowest BCUT2D eigenvalue weighted by molar-refractivity contribution is -0.126. The second-order valence-electron chi connectivity index (χ2n) is 5.99. The molecule has 0 radical (unpaired) electrons. The summed E-state index contributed by atoms with van der Waals surface area (Å²) in [7, 11) is -2.10. The van der Waals surface area contributed by atoms with Crippen LogP contribution in [0.3, 0.4) is 0 Å². The molecule has 0 spiro atoms. The third-order valence-electron chi connectivity index (χ3n) is 4.15. The molecule has 1 saturated heterocycles. The van der Waals surface area contributed by atoms with Gasteiger partial charge in [0.05, 0.1) is 17.6 Å². The summed E-state index contributed by atoms with van der Waals surface area (Å²) in [6, 6.07) is 6.04. The predicted octanol–water partition coefficient (Wildman–Crippen LogP) is 0.864. The van der Waals surface area contributed by atoms with Gasteiger partial charge in [0, 0.05) is 37.7 Å². The monoisotopic (exact) mass is 390 g/mol. The molecule has 1 aliphatic rings. The summed E-state index contributed by atoms with van der Waals surface area (Å²) < 4.78 is 31.4. The highest BCUT2D eigenvalue weighted by atomic mass is 35.5. The summed E-state index contributed by atoms with van der Waals surface area (Å²) in [6.45, 7) is 0.835. The maximum atomic E-state index is 12.6. The van der Waals surface area contributed by atoms with Gasteiger partial charge in [0.2, 0.25) is 15.9 Å². The summed E-state index contributed by atoms with van der Waals surface area (Å²) >= 11 is 5.79. The van der Waals surface area contributed by atoms with E-state index in [0.29, 0.717) is 17.9 Å². The summed E-state index contributed by atoms with van der Waals surface area (Å²) in [4.78, 5) is 12.3. The first-order valence-electron chi connectivity index (χ1n) is 8.05. The van der Waals surface area contributed by atoms with Crippen molar-refractivity contribution in [3.63, 3.8) is 0 Å². The van der Waals surface area contributed by atoms with Crippen LogP contribution in [0.25, 0.3) is 0 Å². The largest absolute Gasteiger partial charge is 0.389 e. The number of piperidine rings is 1. The number of aliphatic hydroxyl groups is 1. The van der Waals surface area contributed by atoms with E-state index >= 15 is 0 Å². The van der Waals surface area contributed by atoms with E-state index in [9.17, 15) is 18.3 Å². The Hall–Kier alpha value is -1.19. The molecule has 140 valence electrons. The number of methoxy groups -OCH3 is 1. The van der Waals surface area contributed by atoms with Gasteiger partial charge >= 0.3 is 0 Å². The van der Waals surface area contributed by atoms with E-state index < -0.39 is 16.1 Å². The molecule has 1 unspecified atom stereocenters. The zero-order valence-corrected chi connectivity index (χ0v) is 15.6. The first-order chi connectivity index (χ1) is 11.8. The smallest absolute Gasteiger partial charge is 0.243 e. The van der Waals surface area contributed by atoms with Gasteiger partial charge in [-0.3, -0.25) is 4.79 Å². The minimum absolute atomic E-state index is 0.121. The van der Waals surface area contributed by atoms with Gasteiger partial charge in [-0.25, -0.2) is 8.42 Å². The molecule has 9 heteroatoms. The van der Waals surface area contributed by atoms with Crippen LogP contribution in [0.2, 0.25) is 5.02 Å². The molecular formula is C16H23ClN2O5S. The molecule has 2 rings (SSSR count). The lowest BCUT2D eigenvalue weighted by Crippen LogP contribution is -2.44. The number of sulfonamides is 1. The Morgan fingerprint density at radius 1 is 1.36 bits per heavy atom. The van der Waals surface area contributed by atoms with Crippen molar-refractivity contribution < 1.29 is 23.1 Å². The number of carbonyl (C=O) groups excluding carboxylic acids is 1. The van der Waals surface area contributed by atoms with Crippen molar-refractivity contribution in [2.24, 2.45) is 5.92 Å². The van der Waals surface area contributed by atoms with E-state index in [4.69, 9.17) is 16.3 Å². The number of halogens is 1. The predicted molar refractivity (Wildman–Crippen MR) is 93.8 cm³/mol. The minimum atomic E-state index is -3.57. The third kappa shape index (κ3) is 5.39. The molecule has 2 N–H and O–H groups in total. The zero-order valence-electron chi connectivity index (χ0n) is 14.0. The second kappa shape index (κ2) is 8.95. The van der Waals surface area contributed by atoms with E-state index in [1.54, 1.807) is 12.1 Å². The number of ether oxygens (including phenoxy) is 1. The Morgan fingerprint density at radius 3 is 2.52 bits per heavy atom. The first kappa shape index (κ1) is 20.1. The second-order valence-corrected chi connectivity index (χ2v) is 8.36. The van der Waals surface area contributed by atoms with Crippen molar-refractivity contribution in [2.75, 3.05) is 33.4 Å². The van der Waals surface area contributed by atoms with Crippen molar-refractivity contribution >= 4 is 27.5 Å². The number of hydrogen-bond donors (Lipinski definition) is 2. The number of nitrogens with one attached hydrogen (secondary N) is 1. The van der Waals surface area contributed by atoms with Crippen LogP contribution in [0.5, 0.6) is 0 Å². The lowest BCUT2D eigenvalue weighted by atomic mass is 9.97. The van der Waals surface area contributed by atoms with Crippen molar-refractivity contribution in [3.8, 4) is 0 Å². The van der Waals surface area contributed by atoms with Crippen molar-refractivity contribution in [1.82, 2.24) is 9.62 Å². The van der Waals surface area contributed by atoms with Crippen LogP contribution in [-0.4, -0.2) is 63.2 Å². The lowest BCUT2D eigenvalue weighted by Gasteiger charge is -2.30. The fourth-order valence-electron chi connectivity index (χ4n) is 2.73. The molecule has 0 bridgehead atoms. The quantitative estimate of drug-likeness (QED) is 0.720. The summed E-state index contributed by atoms with van der Waals surface area (Å²) in [5.74, 6) is -0.426. The van der Waals surface area contributed by atoms with E-state index in [2.05, 4.69) is 5.32 Å². The number of rotatable bonds is 7. The molecule has 25 heavy (non-hydrogen) atoms. The Balaban J connectivity index is 1.88. The number of aliphatic hydroxyl groups excluding tert-OH is 1. The Morgan fingerprint density at radius 2 is 1.96 bits per heavy atom. The van der Waals surface area contributed by atoms with Crippen LogP contribution >= 0.6 is 11.6 Å². The molecule has 0 aliphatic carbocycles. The molecular weight excluding hydrogens is 368 g/mol. The molecule has 7 nitrogen and oxygen atoms in total. The molecule has 1 aromatic carbocycles. The van der Waals surface area contributed by atoms with E-state index in [1.165, 1.54) is 23.5 Å².